The van der Waals surface area contributed by atoms with Gasteiger partial charge in [0, 0.05) is 34.4 Å². The van der Waals surface area contributed by atoms with E-state index in [4.69, 9.17) is 11.6 Å². The summed E-state index contributed by atoms with van der Waals surface area (Å²) in [5.74, 6) is -2.72. The van der Waals surface area contributed by atoms with Gasteiger partial charge >= 0.3 is 0 Å². The van der Waals surface area contributed by atoms with Crippen molar-refractivity contribution in [3.63, 3.8) is 0 Å². The molecule has 4 aliphatic heterocycles. The standard InChI is InChI=1S/C22H17ClN4O5/c23-11-3-8-15-14(10-11)22(21(30)24-15)18-17(16-2-1-9-25(16)22)19(28)26(20(18)29)12-4-6-13(7-5-12)27(31)32/h3-8,10,16-18H,1-2,9H2,(H,24,30). The Bertz CT molecular complexity index is 1230. The van der Waals surface area contributed by atoms with Crippen LogP contribution in [0.1, 0.15) is 18.4 Å². The molecule has 2 aromatic carbocycles. The number of carbonyl (C=O) groups is 3. The SMILES string of the molecule is O=C1C2C3CCCN3C3(C(=O)Nc4ccc(Cl)cc43)C2C(=O)N1c1ccc([N+](=O)[O-])cc1. The van der Waals surface area contributed by atoms with Gasteiger partial charge in [0.25, 0.3) is 5.69 Å². The van der Waals surface area contributed by atoms with Crippen molar-refractivity contribution < 1.29 is 19.3 Å². The summed E-state index contributed by atoms with van der Waals surface area (Å²) in [6, 6.07) is 10.2. The second-order valence-electron chi connectivity index (χ2n) is 8.60. The van der Waals surface area contributed by atoms with Gasteiger partial charge in [0.2, 0.25) is 17.7 Å². The van der Waals surface area contributed by atoms with Crippen LogP contribution in [-0.2, 0) is 19.9 Å². The molecule has 32 heavy (non-hydrogen) atoms. The molecule has 10 heteroatoms. The molecular formula is C22H17ClN4O5. The lowest BCUT2D eigenvalue weighted by Crippen LogP contribution is -2.54. The molecule has 4 aliphatic rings. The number of anilines is 2. The van der Waals surface area contributed by atoms with Crippen molar-refractivity contribution in [3.8, 4) is 0 Å². The number of hydrogen-bond acceptors (Lipinski definition) is 6. The zero-order chi connectivity index (χ0) is 22.4. The molecule has 1 N–H and O–H groups in total. The fourth-order valence-corrected chi connectivity index (χ4v) is 6.33. The molecule has 0 radical (unpaired) electrons. The largest absolute Gasteiger partial charge is 0.324 e. The number of fused-ring (bicyclic) bond motifs is 7. The smallest absolute Gasteiger partial charge is 0.269 e. The second-order valence-corrected chi connectivity index (χ2v) is 9.04. The van der Waals surface area contributed by atoms with E-state index in [1.807, 2.05) is 4.90 Å². The third kappa shape index (κ3) is 2.19. The number of nitrogens with one attached hydrogen (secondary N) is 1. The first-order valence-electron chi connectivity index (χ1n) is 10.4. The normalized spacial score (nSPS) is 30.6. The number of halogens is 1. The Balaban J connectivity index is 1.51. The lowest BCUT2D eigenvalue weighted by Gasteiger charge is -2.36. The van der Waals surface area contributed by atoms with Crippen LogP contribution in [0.4, 0.5) is 17.1 Å². The Morgan fingerprint density at radius 3 is 2.56 bits per heavy atom. The molecule has 162 valence electrons. The molecule has 0 saturated carbocycles. The van der Waals surface area contributed by atoms with Gasteiger partial charge in [0.05, 0.1) is 22.4 Å². The first kappa shape index (κ1) is 19.4. The number of nitro groups is 1. The van der Waals surface area contributed by atoms with Crippen molar-refractivity contribution in [2.24, 2.45) is 11.8 Å². The minimum absolute atomic E-state index is 0.134. The number of nitro benzene ring substituents is 1. The van der Waals surface area contributed by atoms with Crippen molar-refractivity contribution in [2.45, 2.75) is 24.4 Å². The summed E-state index contributed by atoms with van der Waals surface area (Å²) in [4.78, 5) is 54.4. The lowest BCUT2D eigenvalue weighted by molar-refractivity contribution is -0.384. The highest BCUT2D eigenvalue weighted by Gasteiger charge is 2.74. The maximum absolute atomic E-state index is 13.8. The Morgan fingerprint density at radius 2 is 1.84 bits per heavy atom. The quantitative estimate of drug-likeness (QED) is 0.426. The summed E-state index contributed by atoms with van der Waals surface area (Å²) < 4.78 is 0. The second kappa shape index (κ2) is 6.36. The van der Waals surface area contributed by atoms with E-state index in [2.05, 4.69) is 5.32 Å². The Labute approximate surface area is 187 Å². The van der Waals surface area contributed by atoms with Crippen molar-refractivity contribution in [1.29, 1.82) is 0 Å². The average Bonchev–Trinajstić information content (AvgIpc) is 3.47. The molecule has 4 unspecified atom stereocenters. The Morgan fingerprint density at radius 1 is 1.09 bits per heavy atom. The number of amides is 3. The number of benzene rings is 2. The minimum Gasteiger partial charge on any atom is -0.324 e. The van der Waals surface area contributed by atoms with Gasteiger partial charge in [0.15, 0.2) is 0 Å². The van der Waals surface area contributed by atoms with Crippen LogP contribution in [0.15, 0.2) is 42.5 Å². The maximum Gasteiger partial charge on any atom is 0.269 e. The van der Waals surface area contributed by atoms with Gasteiger partial charge in [-0.15, -0.1) is 0 Å². The van der Waals surface area contributed by atoms with Crippen molar-refractivity contribution in [1.82, 2.24) is 4.90 Å². The zero-order valence-electron chi connectivity index (χ0n) is 16.7. The highest BCUT2D eigenvalue weighted by Crippen LogP contribution is 2.60. The van der Waals surface area contributed by atoms with Gasteiger partial charge in [-0.2, -0.15) is 0 Å². The monoisotopic (exact) mass is 452 g/mol. The van der Waals surface area contributed by atoms with Crippen LogP contribution in [0.25, 0.3) is 0 Å². The number of rotatable bonds is 2. The van der Waals surface area contributed by atoms with Gasteiger partial charge in [-0.25, -0.2) is 4.90 Å². The Kier molecular flexibility index (Phi) is 3.86. The molecule has 0 aromatic heterocycles. The van der Waals surface area contributed by atoms with Gasteiger partial charge < -0.3 is 5.32 Å². The first-order valence-corrected chi connectivity index (χ1v) is 10.7. The van der Waals surface area contributed by atoms with Gasteiger partial charge in [-0.05, 0) is 49.7 Å². The van der Waals surface area contributed by atoms with E-state index < -0.39 is 28.2 Å². The maximum atomic E-state index is 13.8. The highest BCUT2D eigenvalue weighted by molar-refractivity contribution is 6.31. The molecule has 4 heterocycles. The van der Waals surface area contributed by atoms with Crippen LogP contribution in [0, 0.1) is 22.0 Å². The number of hydrogen-bond donors (Lipinski definition) is 1. The van der Waals surface area contributed by atoms with Crippen LogP contribution in [0.5, 0.6) is 0 Å². The van der Waals surface area contributed by atoms with E-state index in [-0.39, 0.29) is 29.2 Å². The molecule has 0 aliphatic carbocycles. The molecule has 9 nitrogen and oxygen atoms in total. The molecule has 3 saturated heterocycles. The van der Waals surface area contributed by atoms with Crippen LogP contribution < -0.4 is 10.2 Å². The van der Waals surface area contributed by atoms with Crippen molar-refractivity contribution in [2.75, 3.05) is 16.8 Å². The summed E-state index contributed by atoms with van der Waals surface area (Å²) in [5, 5.41) is 14.3. The summed E-state index contributed by atoms with van der Waals surface area (Å²) in [7, 11) is 0. The van der Waals surface area contributed by atoms with E-state index in [1.54, 1.807) is 18.2 Å². The van der Waals surface area contributed by atoms with Crippen molar-refractivity contribution >= 4 is 46.4 Å². The van der Waals surface area contributed by atoms with Crippen LogP contribution in [0.3, 0.4) is 0 Å². The highest BCUT2D eigenvalue weighted by atomic mass is 35.5. The molecule has 6 rings (SSSR count). The lowest BCUT2D eigenvalue weighted by atomic mass is 9.75. The third-order valence-electron chi connectivity index (χ3n) is 7.27. The topological polar surface area (TPSA) is 113 Å². The molecule has 2 aromatic rings. The van der Waals surface area contributed by atoms with Gasteiger partial charge in [-0.3, -0.25) is 29.4 Å². The fraction of sp³-hybridized carbons (Fsp3) is 0.318. The predicted molar refractivity (Wildman–Crippen MR) is 114 cm³/mol. The zero-order valence-corrected chi connectivity index (χ0v) is 17.4. The van der Waals surface area contributed by atoms with Crippen LogP contribution in [-0.4, -0.2) is 40.1 Å². The molecular weight excluding hydrogens is 436 g/mol. The number of carbonyl (C=O) groups excluding carboxylic acids is 3. The Hall–Kier alpha value is -3.30. The van der Waals surface area contributed by atoms with Crippen molar-refractivity contribution in [3.05, 3.63) is 63.2 Å². The summed E-state index contributed by atoms with van der Waals surface area (Å²) in [6.07, 6.45) is 1.52. The fourth-order valence-electron chi connectivity index (χ4n) is 6.15. The van der Waals surface area contributed by atoms with Gasteiger partial charge in [0.1, 0.15) is 5.54 Å². The third-order valence-corrected chi connectivity index (χ3v) is 7.51. The predicted octanol–water partition coefficient (Wildman–Crippen LogP) is 2.68. The number of nitrogens with zero attached hydrogens (tertiary/aromatic N) is 3. The van der Waals surface area contributed by atoms with Crippen LogP contribution >= 0.6 is 11.6 Å². The first-order chi connectivity index (χ1) is 15.4. The van der Waals surface area contributed by atoms with E-state index in [0.717, 1.165) is 11.3 Å². The summed E-state index contributed by atoms with van der Waals surface area (Å²) in [6.45, 7) is 0.606. The van der Waals surface area contributed by atoms with E-state index in [0.29, 0.717) is 29.2 Å². The number of imide groups is 1. The van der Waals surface area contributed by atoms with E-state index in [1.165, 1.54) is 24.3 Å². The summed E-state index contributed by atoms with van der Waals surface area (Å²) in [5.41, 5.74) is 0.0596. The minimum atomic E-state index is -1.30. The van der Waals surface area contributed by atoms with E-state index in [9.17, 15) is 24.5 Å². The molecule has 0 bridgehead atoms. The van der Waals surface area contributed by atoms with E-state index >= 15 is 0 Å². The molecule has 3 amide bonds. The van der Waals surface area contributed by atoms with Gasteiger partial charge in [-0.1, -0.05) is 11.6 Å². The molecule has 3 fully saturated rings. The van der Waals surface area contributed by atoms with Crippen LogP contribution in [0.2, 0.25) is 5.02 Å². The average molecular weight is 453 g/mol. The summed E-state index contributed by atoms with van der Waals surface area (Å²) >= 11 is 6.27. The molecule has 1 spiro atoms. The number of non-ortho nitro benzene ring substituents is 1. The molecule has 4 atom stereocenters.